The molecule has 1 aliphatic rings. The first-order chi connectivity index (χ1) is 17.9. The van der Waals surface area contributed by atoms with Gasteiger partial charge in [-0.05, 0) is 88.0 Å². The molecule has 6 nitrogen and oxygen atoms in total. The van der Waals surface area contributed by atoms with Crippen molar-refractivity contribution < 1.29 is 14.3 Å². The maximum Gasteiger partial charge on any atom is 0.309 e. The smallest absolute Gasteiger partial charge is 0.309 e. The Kier molecular flexibility index (Phi) is 8.96. The van der Waals surface area contributed by atoms with E-state index in [2.05, 4.69) is 36.1 Å². The summed E-state index contributed by atoms with van der Waals surface area (Å²) in [5.41, 5.74) is 5.31. The molecule has 1 saturated heterocycles. The summed E-state index contributed by atoms with van der Waals surface area (Å²) in [7, 11) is 0. The van der Waals surface area contributed by atoms with E-state index in [1.54, 1.807) is 11.3 Å². The molecule has 0 N–H and O–H groups in total. The lowest BCUT2D eigenvalue weighted by atomic mass is 9.94. The van der Waals surface area contributed by atoms with Crippen LogP contribution in [-0.4, -0.2) is 41.7 Å². The molecule has 7 heteroatoms. The highest BCUT2D eigenvalue weighted by atomic mass is 32.1. The fraction of sp³-hybridized carbons (Fsp3) is 0.433. The number of likely N-dealkylation sites (tertiary alicyclic amines) is 1. The Bertz CT molecular complexity index is 1270. The number of piperidine rings is 1. The van der Waals surface area contributed by atoms with Crippen molar-refractivity contribution in [3.63, 3.8) is 0 Å². The van der Waals surface area contributed by atoms with Gasteiger partial charge in [0.2, 0.25) is 0 Å². The number of nitriles is 1. The fourth-order valence-electron chi connectivity index (χ4n) is 4.90. The lowest BCUT2D eigenvalue weighted by Gasteiger charge is -2.31. The quantitative estimate of drug-likeness (QED) is 0.303. The van der Waals surface area contributed by atoms with E-state index in [1.165, 1.54) is 16.7 Å². The Morgan fingerprint density at radius 1 is 1.22 bits per heavy atom. The number of benzene rings is 2. The summed E-state index contributed by atoms with van der Waals surface area (Å²) >= 11 is 1.64. The monoisotopic (exact) mass is 517 g/mol. The third-order valence-electron chi connectivity index (χ3n) is 6.71. The van der Waals surface area contributed by atoms with E-state index in [9.17, 15) is 10.1 Å². The molecule has 2 aromatic carbocycles. The van der Waals surface area contributed by atoms with Gasteiger partial charge in [0.15, 0.2) is 0 Å². The minimum atomic E-state index is -0.0524. The Morgan fingerprint density at radius 3 is 2.68 bits per heavy atom. The molecule has 0 spiro atoms. The molecule has 0 aliphatic carbocycles. The van der Waals surface area contributed by atoms with Gasteiger partial charge >= 0.3 is 5.97 Å². The molecule has 0 unspecified atom stereocenters. The van der Waals surface area contributed by atoms with Gasteiger partial charge in [0, 0.05) is 18.3 Å². The highest BCUT2D eigenvalue weighted by Crippen LogP contribution is 2.37. The van der Waals surface area contributed by atoms with Gasteiger partial charge in [-0.15, -0.1) is 11.3 Å². The summed E-state index contributed by atoms with van der Waals surface area (Å²) in [6.07, 6.45) is 4.58. The van der Waals surface area contributed by atoms with Crippen LogP contribution in [0.3, 0.4) is 0 Å². The summed E-state index contributed by atoms with van der Waals surface area (Å²) < 4.78 is 11.0. The normalized spacial score (nSPS) is 14.5. The molecule has 2 heterocycles. The van der Waals surface area contributed by atoms with E-state index in [0.29, 0.717) is 17.9 Å². The average molecular weight is 518 g/mol. The fourth-order valence-corrected chi connectivity index (χ4v) is 5.86. The van der Waals surface area contributed by atoms with Crippen molar-refractivity contribution in [1.82, 2.24) is 9.88 Å². The lowest BCUT2D eigenvalue weighted by molar-refractivity contribution is -0.149. The standard InChI is InChI=1S/C30H35N3O3S/c1-5-25-23(19-33-14-12-21(13-15-33)30(34)35-6-2)8-7-9-26(25)28-18-32-29(37-28)22-10-11-27(36-20(3)4)24(16-22)17-31/h7-11,16,18,20-21H,5-6,12-15,19H2,1-4H3. The van der Waals surface area contributed by atoms with Crippen LogP contribution in [0, 0.1) is 17.2 Å². The molecule has 1 aromatic heterocycles. The molecule has 0 radical (unpaired) electrons. The lowest BCUT2D eigenvalue weighted by Crippen LogP contribution is -2.36. The van der Waals surface area contributed by atoms with Crippen LogP contribution in [-0.2, 0) is 22.5 Å². The summed E-state index contributed by atoms with van der Waals surface area (Å²) in [5.74, 6) is 0.574. The molecule has 194 valence electrons. The second-order valence-corrected chi connectivity index (χ2v) is 10.6. The number of nitrogens with zero attached hydrogens (tertiary/aromatic N) is 3. The van der Waals surface area contributed by atoms with Crippen molar-refractivity contribution in [2.75, 3.05) is 19.7 Å². The number of carbonyl (C=O) groups is 1. The van der Waals surface area contributed by atoms with Crippen molar-refractivity contribution in [3.8, 4) is 32.8 Å². The van der Waals surface area contributed by atoms with Crippen LogP contribution < -0.4 is 4.74 Å². The van der Waals surface area contributed by atoms with Gasteiger partial charge in [0.25, 0.3) is 0 Å². The van der Waals surface area contributed by atoms with Crippen LogP contribution >= 0.6 is 11.3 Å². The number of esters is 1. The summed E-state index contributed by atoms with van der Waals surface area (Å²) in [6.45, 7) is 11.1. The molecule has 0 atom stereocenters. The first-order valence-electron chi connectivity index (χ1n) is 13.1. The summed E-state index contributed by atoms with van der Waals surface area (Å²) in [6, 6.07) is 14.5. The van der Waals surface area contributed by atoms with Gasteiger partial charge < -0.3 is 9.47 Å². The van der Waals surface area contributed by atoms with E-state index in [1.807, 2.05) is 45.2 Å². The van der Waals surface area contributed by atoms with Gasteiger partial charge in [-0.25, -0.2) is 4.98 Å². The maximum absolute atomic E-state index is 12.1. The molecule has 4 rings (SSSR count). The first kappa shape index (κ1) is 26.8. The SMILES string of the molecule is CCOC(=O)C1CCN(Cc2cccc(-c3cnc(-c4ccc(OC(C)C)c(C#N)c4)s3)c2CC)CC1. The van der Waals surface area contributed by atoms with Gasteiger partial charge in [-0.2, -0.15) is 5.26 Å². The second-order valence-electron chi connectivity index (χ2n) is 9.62. The minimum Gasteiger partial charge on any atom is -0.490 e. The number of rotatable bonds is 9. The number of hydrogen-bond donors (Lipinski definition) is 0. The van der Waals surface area contributed by atoms with E-state index in [0.717, 1.165) is 54.3 Å². The highest BCUT2D eigenvalue weighted by molar-refractivity contribution is 7.18. The number of carbonyl (C=O) groups excluding carboxylic acids is 1. The Hall–Kier alpha value is -3.21. The summed E-state index contributed by atoms with van der Waals surface area (Å²) in [4.78, 5) is 20.4. The van der Waals surface area contributed by atoms with Crippen molar-refractivity contribution in [3.05, 3.63) is 59.3 Å². The topological polar surface area (TPSA) is 75.4 Å². The molecular weight excluding hydrogens is 482 g/mol. The Labute approximate surface area is 223 Å². The Morgan fingerprint density at radius 2 is 2.00 bits per heavy atom. The first-order valence-corrected chi connectivity index (χ1v) is 13.9. The van der Waals surface area contributed by atoms with Crippen molar-refractivity contribution in [2.45, 2.75) is 59.6 Å². The van der Waals surface area contributed by atoms with E-state index < -0.39 is 0 Å². The number of ether oxygens (including phenoxy) is 2. The third-order valence-corrected chi connectivity index (χ3v) is 7.79. The van der Waals surface area contributed by atoms with E-state index in [4.69, 9.17) is 14.5 Å². The van der Waals surface area contributed by atoms with Crippen LogP contribution in [0.5, 0.6) is 5.75 Å². The number of thiazole rings is 1. The van der Waals surface area contributed by atoms with Crippen LogP contribution in [0.4, 0.5) is 0 Å². The number of aromatic nitrogens is 1. The zero-order valence-corrected chi connectivity index (χ0v) is 22.9. The second kappa shape index (κ2) is 12.4. The molecule has 1 aliphatic heterocycles. The summed E-state index contributed by atoms with van der Waals surface area (Å²) in [5, 5.41) is 10.5. The molecule has 3 aromatic rings. The molecule has 0 bridgehead atoms. The van der Waals surface area contributed by atoms with Crippen LogP contribution in [0.15, 0.2) is 42.6 Å². The van der Waals surface area contributed by atoms with E-state index >= 15 is 0 Å². The van der Waals surface area contributed by atoms with E-state index in [-0.39, 0.29) is 18.0 Å². The van der Waals surface area contributed by atoms with Crippen LogP contribution in [0.2, 0.25) is 0 Å². The van der Waals surface area contributed by atoms with Gasteiger partial charge in [-0.1, -0.05) is 25.1 Å². The minimum absolute atomic E-state index is 0.00749. The predicted octanol–water partition coefficient (Wildman–Crippen LogP) is 6.47. The predicted molar refractivity (Wildman–Crippen MR) is 147 cm³/mol. The molecule has 0 saturated carbocycles. The Balaban J connectivity index is 1.52. The third kappa shape index (κ3) is 6.38. The van der Waals surface area contributed by atoms with Gasteiger partial charge in [0.05, 0.1) is 29.1 Å². The van der Waals surface area contributed by atoms with Crippen molar-refractivity contribution in [1.29, 1.82) is 5.26 Å². The molecule has 1 fully saturated rings. The van der Waals surface area contributed by atoms with Crippen molar-refractivity contribution in [2.24, 2.45) is 5.92 Å². The molecule has 0 amide bonds. The number of hydrogen-bond acceptors (Lipinski definition) is 7. The highest BCUT2D eigenvalue weighted by Gasteiger charge is 2.26. The molecular formula is C30H35N3O3S. The molecule has 37 heavy (non-hydrogen) atoms. The van der Waals surface area contributed by atoms with Gasteiger partial charge in [-0.3, -0.25) is 9.69 Å². The average Bonchev–Trinajstić information content (AvgIpc) is 3.39. The maximum atomic E-state index is 12.1. The van der Waals surface area contributed by atoms with Crippen LogP contribution in [0.1, 0.15) is 57.2 Å². The zero-order valence-electron chi connectivity index (χ0n) is 22.1. The van der Waals surface area contributed by atoms with Gasteiger partial charge in [0.1, 0.15) is 16.8 Å². The largest absolute Gasteiger partial charge is 0.490 e. The van der Waals surface area contributed by atoms with Crippen molar-refractivity contribution >= 4 is 17.3 Å². The van der Waals surface area contributed by atoms with Crippen LogP contribution in [0.25, 0.3) is 21.0 Å². The zero-order chi connectivity index (χ0) is 26.4.